The summed E-state index contributed by atoms with van der Waals surface area (Å²) in [6.07, 6.45) is 2.98. The molecule has 30 heavy (non-hydrogen) atoms. The van der Waals surface area contributed by atoms with Gasteiger partial charge in [0.05, 0.1) is 17.0 Å². The van der Waals surface area contributed by atoms with Crippen molar-refractivity contribution in [2.75, 3.05) is 5.32 Å². The molecule has 0 saturated heterocycles. The standard InChI is InChI=1S/C20H17N7O3/c1-11-16(18(29)27-26-17(28)13-7-9-21-10-8-13)12(2)23-19(22-11)25-20-24-14-5-3-4-6-15(14)30-20/h3-10H,1-2H3,(H,26,28)(H,27,29)(H,22,23,24,25). The zero-order valence-corrected chi connectivity index (χ0v) is 16.1. The highest BCUT2D eigenvalue weighted by Gasteiger charge is 2.18. The van der Waals surface area contributed by atoms with Gasteiger partial charge >= 0.3 is 6.01 Å². The van der Waals surface area contributed by atoms with Gasteiger partial charge in [-0.05, 0) is 38.1 Å². The maximum atomic E-state index is 12.5. The second-order valence-electron chi connectivity index (χ2n) is 6.35. The molecule has 0 fully saturated rings. The average Bonchev–Trinajstić information content (AvgIpc) is 3.14. The Kier molecular flexibility index (Phi) is 5.04. The Labute approximate surface area is 170 Å². The normalized spacial score (nSPS) is 10.6. The molecule has 0 aliphatic heterocycles. The number of hydrogen-bond acceptors (Lipinski definition) is 8. The molecule has 10 nitrogen and oxygen atoms in total. The molecule has 0 aliphatic rings. The smallest absolute Gasteiger partial charge is 0.302 e. The summed E-state index contributed by atoms with van der Waals surface area (Å²) in [5.41, 5.74) is 7.55. The lowest BCUT2D eigenvalue weighted by atomic mass is 10.1. The highest BCUT2D eigenvalue weighted by Crippen LogP contribution is 2.21. The topological polar surface area (TPSA) is 135 Å². The molecule has 0 aliphatic carbocycles. The number of pyridine rings is 1. The average molecular weight is 403 g/mol. The van der Waals surface area contributed by atoms with Gasteiger partial charge in [-0.2, -0.15) is 4.98 Å². The van der Waals surface area contributed by atoms with Crippen molar-refractivity contribution in [3.8, 4) is 0 Å². The van der Waals surface area contributed by atoms with Gasteiger partial charge in [0.2, 0.25) is 5.95 Å². The zero-order chi connectivity index (χ0) is 21.1. The van der Waals surface area contributed by atoms with Crippen LogP contribution < -0.4 is 16.2 Å². The molecule has 0 unspecified atom stereocenters. The number of fused-ring (bicyclic) bond motifs is 1. The minimum Gasteiger partial charge on any atom is -0.423 e. The summed E-state index contributed by atoms with van der Waals surface area (Å²) in [7, 11) is 0. The van der Waals surface area contributed by atoms with Gasteiger partial charge in [-0.3, -0.25) is 30.7 Å². The third-order valence-electron chi connectivity index (χ3n) is 4.24. The summed E-state index contributed by atoms with van der Waals surface area (Å²) < 4.78 is 5.60. The number of aryl methyl sites for hydroxylation is 2. The van der Waals surface area contributed by atoms with E-state index in [-0.39, 0.29) is 17.5 Å². The molecule has 3 aromatic heterocycles. The lowest BCUT2D eigenvalue weighted by Crippen LogP contribution is -2.42. The van der Waals surface area contributed by atoms with Gasteiger partial charge in [-0.1, -0.05) is 12.1 Å². The number of anilines is 2. The first-order valence-electron chi connectivity index (χ1n) is 9.00. The van der Waals surface area contributed by atoms with Gasteiger partial charge in [0.15, 0.2) is 5.58 Å². The van der Waals surface area contributed by atoms with E-state index < -0.39 is 11.8 Å². The number of carbonyl (C=O) groups is 2. The first kappa shape index (κ1) is 19.0. The fraction of sp³-hybridized carbons (Fsp3) is 0.100. The third-order valence-corrected chi connectivity index (χ3v) is 4.24. The van der Waals surface area contributed by atoms with E-state index in [4.69, 9.17) is 4.42 Å². The van der Waals surface area contributed by atoms with Crippen LogP contribution in [-0.2, 0) is 0 Å². The minimum atomic E-state index is -0.527. The Morgan fingerprint density at radius 3 is 2.23 bits per heavy atom. The Bertz CT molecular complexity index is 1180. The summed E-state index contributed by atoms with van der Waals surface area (Å²) in [5, 5.41) is 2.91. The number of nitrogens with zero attached hydrogens (tertiary/aromatic N) is 4. The van der Waals surface area contributed by atoms with Gasteiger partial charge in [0.25, 0.3) is 11.8 Å². The van der Waals surface area contributed by atoms with Crippen molar-refractivity contribution in [2.24, 2.45) is 0 Å². The predicted octanol–water partition coefficient (Wildman–Crippen LogP) is 2.45. The monoisotopic (exact) mass is 403 g/mol. The number of nitrogens with one attached hydrogen (secondary N) is 3. The van der Waals surface area contributed by atoms with Crippen molar-refractivity contribution >= 4 is 34.9 Å². The number of carbonyl (C=O) groups excluding carboxylic acids is 2. The summed E-state index contributed by atoms with van der Waals surface area (Å²) in [6.45, 7) is 3.34. The molecule has 0 saturated carbocycles. The molecule has 0 spiro atoms. The number of aromatic nitrogens is 4. The molecule has 0 radical (unpaired) electrons. The lowest BCUT2D eigenvalue weighted by Gasteiger charge is -2.12. The Balaban J connectivity index is 1.48. The van der Waals surface area contributed by atoms with Crippen LogP contribution in [0.1, 0.15) is 32.1 Å². The largest absolute Gasteiger partial charge is 0.423 e. The first-order valence-corrected chi connectivity index (χ1v) is 9.00. The fourth-order valence-corrected chi connectivity index (χ4v) is 2.87. The second kappa shape index (κ2) is 7.95. The molecule has 150 valence electrons. The minimum absolute atomic E-state index is 0.244. The van der Waals surface area contributed by atoms with Crippen molar-refractivity contribution < 1.29 is 14.0 Å². The van der Waals surface area contributed by atoms with E-state index in [1.807, 2.05) is 18.2 Å². The number of oxazole rings is 1. The first-order chi connectivity index (χ1) is 14.5. The maximum absolute atomic E-state index is 12.5. The Morgan fingerprint density at radius 1 is 0.867 bits per heavy atom. The van der Waals surface area contributed by atoms with Crippen LogP contribution in [0.3, 0.4) is 0 Å². The number of rotatable bonds is 4. The second-order valence-corrected chi connectivity index (χ2v) is 6.35. The highest BCUT2D eigenvalue weighted by molar-refractivity contribution is 6.00. The number of amides is 2. The number of benzene rings is 1. The summed E-state index contributed by atoms with van der Waals surface area (Å²) in [4.78, 5) is 41.4. The maximum Gasteiger partial charge on any atom is 0.302 e. The Morgan fingerprint density at radius 2 is 1.53 bits per heavy atom. The van der Waals surface area contributed by atoms with Crippen molar-refractivity contribution in [3.63, 3.8) is 0 Å². The molecule has 4 aromatic rings. The number of para-hydroxylation sites is 2. The molecule has 0 atom stereocenters. The molecule has 10 heteroatoms. The summed E-state index contributed by atoms with van der Waals surface area (Å²) >= 11 is 0. The number of hydrogen-bond donors (Lipinski definition) is 3. The summed E-state index contributed by atoms with van der Waals surface area (Å²) in [5.74, 6) is -0.744. The SMILES string of the molecule is Cc1nc(Nc2nc3ccccc3o2)nc(C)c1C(=O)NNC(=O)c1ccncc1. The highest BCUT2D eigenvalue weighted by atomic mass is 16.4. The van der Waals surface area contributed by atoms with Crippen LogP contribution in [-0.4, -0.2) is 31.8 Å². The van der Waals surface area contributed by atoms with Gasteiger partial charge in [0.1, 0.15) is 5.52 Å². The molecule has 1 aromatic carbocycles. The molecule has 0 bridgehead atoms. The van der Waals surface area contributed by atoms with Crippen LogP contribution >= 0.6 is 0 Å². The van der Waals surface area contributed by atoms with Crippen LogP contribution in [0, 0.1) is 13.8 Å². The van der Waals surface area contributed by atoms with E-state index in [2.05, 4.69) is 36.1 Å². The van der Waals surface area contributed by atoms with Crippen LogP contribution in [0.2, 0.25) is 0 Å². The molecular formula is C20H17N7O3. The van der Waals surface area contributed by atoms with Crippen molar-refractivity contribution in [3.05, 3.63) is 71.3 Å². The molecule has 3 N–H and O–H groups in total. The quantitative estimate of drug-likeness (QED) is 0.442. The van der Waals surface area contributed by atoms with E-state index >= 15 is 0 Å². The molecule has 3 heterocycles. The van der Waals surface area contributed by atoms with Crippen molar-refractivity contribution in [1.82, 2.24) is 30.8 Å². The zero-order valence-electron chi connectivity index (χ0n) is 16.1. The molecular weight excluding hydrogens is 386 g/mol. The van der Waals surface area contributed by atoms with Crippen LogP contribution in [0.4, 0.5) is 12.0 Å². The van der Waals surface area contributed by atoms with Gasteiger partial charge < -0.3 is 4.42 Å². The van der Waals surface area contributed by atoms with Crippen molar-refractivity contribution in [1.29, 1.82) is 0 Å². The van der Waals surface area contributed by atoms with Gasteiger partial charge in [-0.15, -0.1) is 0 Å². The third kappa shape index (κ3) is 3.92. The molecule has 4 rings (SSSR count). The van der Waals surface area contributed by atoms with E-state index in [0.29, 0.717) is 28.1 Å². The van der Waals surface area contributed by atoms with Gasteiger partial charge in [-0.25, -0.2) is 9.97 Å². The Hall–Kier alpha value is -4.34. The lowest BCUT2D eigenvalue weighted by molar-refractivity contribution is 0.0845. The fourth-order valence-electron chi connectivity index (χ4n) is 2.87. The summed E-state index contributed by atoms with van der Waals surface area (Å²) in [6, 6.07) is 10.7. The van der Waals surface area contributed by atoms with Crippen LogP contribution in [0.25, 0.3) is 11.1 Å². The van der Waals surface area contributed by atoms with E-state index in [9.17, 15) is 9.59 Å². The number of hydrazine groups is 1. The van der Waals surface area contributed by atoms with Gasteiger partial charge in [0, 0.05) is 18.0 Å². The van der Waals surface area contributed by atoms with Crippen LogP contribution in [0.15, 0.2) is 53.2 Å². The van der Waals surface area contributed by atoms with E-state index in [1.165, 1.54) is 24.5 Å². The van der Waals surface area contributed by atoms with E-state index in [0.717, 1.165) is 0 Å². The van der Waals surface area contributed by atoms with E-state index in [1.54, 1.807) is 19.9 Å². The van der Waals surface area contributed by atoms with Crippen LogP contribution in [0.5, 0.6) is 0 Å². The van der Waals surface area contributed by atoms with Crippen molar-refractivity contribution in [2.45, 2.75) is 13.8 Å². The predicted molar refractivity (Wildman–Crippen MR) is 108 cm³/mol. The molecule has 2 amide bonds.